The fourth-order valence-corrected chi connectivity index (χ4v) is 4.44. The zero-order chi connectivity index (χ0) is 16.1. The largest absolute Gasteiger partial charge is 0.293 e. The molecule has 0 radical (unpaired) electrons. The molecule has 0 spiro atoms. The number of aryl methyl sites for hydroxylation is 1. The minimum Gasteiger partial charge on any atom is -0.293 e. The van der Waals surface area contributed by atoms with Gasteiger partial charge in [0.05, 0.1) is 10.7 Å². The molecule has 1 aromatic heterocycles. The van der Waals surface area contributed by atoms with Gasteiger partial charge in [-0.1, -0.05) is 53.9 Å². The fourth-order valence-electron chi connectivity index (χ4n) is 1.63. The average Bonchev–Trinajstić information content (AvgIpc) is 2.93. The van der Waals surface area contributed by atoms with Gasteiger partial charge in [-0.25, -0.2) is 0 Å². The minimum atomic E-state index is -0.474. The van der Waals surface area contributed by atoms with Gasteiger partial charge in [-0.05, 0) is 12.7 Å². The predicted molar refractivity (Wildman–Crippen MR) is 89.2 cm³/mol. The lowest BCUT2D eigenvalue weighted by Crippen LogP contribution is -2.04. The number of hydrogen-bond acceptors (Lipinski definition) is 8. The van der Waals surface area contributed by atoms with E-state index in [0.29, 0.717) is 11.1 Å². The number of carbonyl (C=O) groups excluding carboxylic acids is 1. The molecule has 0 amide bonds. The maximum Gasteiger partial charge on any atom is 0.273 e. The van der Waals surface area contributed by atoms with Crippen molar-refractivity contribution in [1.82, 2.24) is 10.2 Å². The first kappa shape index (κ1) is 16.9. The van der Waals surface area contributed by atoms with Crippen LogP contribution >= 0.6 is 34.9 Å². The monoisotopic (exact) mass is 355 g/mol. The molecule has 0 aliphatic heterocycles. The van der Waals surface area contributed by atoms with E-state index in [4.69, 9.17) is 0 Å². The van der Waals surface area contributed by atoms with Crippen molar-refractivity contribution in [2.45, 2.75) is 22.5 Å². The Balaban J connectivity index is 2.02. The third-order valence-electron chi connectivity index (χ3n) is 2.71. The van der Waals surface area contributed by atoms with Crippen LogP contribution in [0.15, 0.2) is 26.9 Å². The zero-order valence-electron chi connectivity index (χ0n) is 11.9. The van der Waals surface area contributed by atoms with Gasteiger partial charge in [0.1, 0.15) is 0 Å². The normalized spacial score (nSPS) is 10.6. The number of nitro benzene ring substituents is 1. The van der Waals surface area contributed by atoms with E-state index in [0.717, 1.165) is 14.4 Å². The fraction of sp³-hybridized carbons (Fsp3) is 0.308. The van der Waals surface area contributed by atoms with Crippen molar-refractivity contribution in [3.8, 4) is 0 Å². The van der Waals surface area contributed by atoms with E-state index < -0.39 is 4.92 Å². The molecule has 0 saturated carbocycles. The first-order valence-electron chi connectivity index (χ1n) is 6.38. The van der Waals surface area contributed by atoms with E-state index in [9.17, 15) is 14.9 Å². The van der Waals surface area contributed by atoms with Crippen LogP contribution in [0.5, 0.6) is 0 Å². The van der Waals surface area contributed by atoms with E-state index >= 15 is 0 Å². The topological polar surface area (TPSA) is 86.0 Å². The standard InChI is InChI=1S/C13H13N3O3S3/c1-3-20-12-14-15-13(22-12)21-7-11(17)9-5-4-8(2)10(6-9)16(18)19/h4-6H,3,7H2,1-2H3. The first-order valence-corrected chi connectivity index (χ1v) is 9.17. The summed E-state index contributed by atoms with van der Waals surface area (Å²) in [6.07, 6.45) is 0. The maximum atomic E-state index is 12.1. The molecule has 0 saturated heterocycles. The molecule has 0 fully saturated rings. The van der Waals surface area contributed by atoms with Gasteiger partial charge < -0.3 is 0 Å². The van der Waals surface area contributed by atoms with Crippen LogP contribution in [0.4, 0.5) is 5.69 Å². The predicted octanol–water partition coefficient (Wildman–Crippen LogP) is 3.84. The second-order valence-electron chi connectivity index (χ2n) is 4.24. The molecule has 116 valence electrons. The number of nitrogens with zero attached hydrogens (tertiary/aromatic N) is 3. The van der Waals surface area contributed by atoms with Crippen molar-refractivity contribution in [3.63, 3.8) is 0 Å². The van der Waals surface area contributed by atoms with Crippen LogP contribution in [0.1, 0.15) is 22.8 Å². The van der Waals surface area contributed by atoms with Gasteiger partial charge in [0.2, 0.25) is 0 Å². The molecule has 6 nitrogen and oxygen atoms in total. The molecule has 0 N–H and O–H groups in total. The number of carbonyl (C=O) groups is 1. The number of hydrogen-bond donors (Lipinski definition) is 0. The van der Waals surface area contributed by atoms with Crippen molar-refractivity contribution in [1.29, 1.82) is 0 Å². The number of nitro groups is 1. The highest BCUT2D eigenvalue weighted by Gasteiger charge is 2.16. The van der Waals surface area contributed by atoms with E-state index in [2.05, 4.69) is 10.2 Å². The van der Waals surface area contributed by atoms with Gasteiger partial charge in [0.25, 0.3) is 5.69 Å². The third-order valence-corrected chi connectivity index (χ3v) is 5.78. The molecule has 1 aromatic carbocycles. The molecule has 0 aliphatic rings. The lowest BCUT2D eigenvalue weighted by atomic mass is 10.1. The SMILES string of the molecule is CCSc1nnc(SCC(=O)c2ccc(C)c([N+](=O)[O-])c2)s1. The molecule has 2 rings (SSSR count). The van der Waals surface area contributed by atoms with Crippen molar-refractivity contribution >= 4 is 46.3 Å². The van der Waals surface area contributed by atoms with Gasteiger partial charge in [-0.2, -0.15) is 0 Å². The van der Waals surface area contributed by atoms with Crippen LogP contribution in [0, 0.1) is 17.0 Å². The van der Waals surface area contributed by atoms with E-state index in [1.807, 2.05) is 6.92 Å². The van der Waals surface area contributed by atoms with Crippen molar-refractivity contribution in [2.24, 2.45) is 0 Å². The first-order chi connectivity index (χ1) is 10.5. The molecule has 22 heavy (non-hydrogen) atoms. The van der Waals surface area contributed by atoms with Gasteiger partial charge in [0.15, 0.2) is 14.5 Å². The van der Waals surface area contributed by atoms with E-state index in [-0.39, 0.29) is 17.2 Å². The summed E-state index contributed by atoms with van der Waals surface area (Å²) < 4.78 is 1.61. The Kier molecular flexibility index (Phi) is 5.92. The Morgan fingerprint density at radius 1 is 1.32 bits per heavy atom. The van der Waals surface area contributed by atoms with Crippen molar-refractivity contribution in [2.75, 3.05) is 11.5 Å². The number of benzene rings is 1. The zero-order valence-corrected chi connectivity index (χ0v) is 14.4. The summed E-state index contributed by atoms with van der Waals surface area (Å²) in [5, 5.41) is 18.9. The highest BCUT2D eigenvalue weighted by molar-refractivity contribution is 8.03. The number of rotatable bonds is 7. The van der Waals surface area contributed by atoms with Crippen LogP contribution in [0.25, 0.3) is 0 Å². The summed E-state index contributed by atoms with van der Waals surface area (Å²) >= 11 is 4.35. The van der Waals surface area contributed by atoms with Crippen LogP contribution in [0.2, 0.25) is 0 Å². The smallest absolute Gasteiger partial charge is 0.273 e. The van der Waals surface area contributed by atoms with Crippen LogP contribution < -0.4 is 0 Å². The molecule has 1 heterocycles. The molecule has 0 aliphatic carbocycles. The summed E-state index contributed by atoms with van der Waals surface area (Å²) in [7, 11) is 0. The lowest BCUT2D eigenvalue weighted by molar-refractivity contribution is -0.385. The van der Waals surface area contributed by atoms with E-state index in [1.54, 1.807) is 30.8 Å². The second kappa shape index (κ2) is 7.70. The number of ketones is 1. The molecule has 0 unspecified atom stereocenters. The molecular weight excluding hydrogens is 342 g/mol. The molecule has 0 bridgehead atoms. The summed E-state index contributed by atoms with van der Waals surface area (Å²) in [6, 6.07) is 4.54. The number of aromatic nitrogens is 2. The summed E-state index contributed by atoms with van der Waals surface area (Å²) in [6.45, 7) is 3.68. The maximum absolute atomic E-state index is 12.1. The van der Waals surface area contributed by atoms with Crippen LogP contribution in [0.3, 0.4) is 0 Å². The van der Waals surface area contributed by atoms with Crippen molar-refractivity contribution < 1.29 is 9.72 Å². The van der Waals surface area contributed by atoms with Crippen LogP contribution in [-0.2, 0) is 0 Å². The Morgan fingerprint density at radius 2 is 2.00 bits per heavy atom. The van der Waals surface area contributed by atoms with Gasteiger partial charge in [0, 0.05) is 17.2 Å². The van der Waals surface area contributed by atoms with Gasteiger partial charge in [-0.3, -0.25) is 14.9 Å². The van der Waals surface area contributed by atoms with Gasteiger partial charge >= 0.3 is 0 Å². The average molecular weight is 355 g/mol. The van der Waals surface area contributed by atoms with E-state index in [1.165, 1.54) is 29.2 Å². The minimum absolute atomic E-state index is 0.0339. The van der Waals surface area contributed by atoms with Crippen molar-refractivity contribution in [3.05, 3.63) is 39.4 Å². The highest BCUT2D eigenvalue weighted by Crippen LogP contribution is 2.29. The Bertz CT molecular complexity index is 703. The number of thioether (sulfide) groups is 2. The third kappa shape index (κ3) is 4.28. The summed E-state index contributed by atoms with van der Waals surface area (Å²) in [4.78, 5) is 22.6. The van der Waals surface area contributed by atoms with Crippen LogP contribution in [-0.4, -0.2) is 32.4 Å². The quantitative estimate of drug-likeness (QED) is 0.323. The number of Topliss-reactive ketones (excluding diaryl/α,β-unsaturated/α-hetero) is 1. The second-order valence-corrected chi connectivity index (χ2v) is 7.95. The molecule has 9 heteroatoms. The highest BCUT2D eigenvalue weighted by atomic mass is 32.2. The lowest BCUT2D eigenvalue weighted by Gasteiger charge is -2.01. The Labute approximate surface area is 139 Å². The Hall–Kier alpha value is -1.45. The molecule has 2 aromatic rings. The van der Waals surface area contributed by atoms with Gasteiger partial charge in [-0.15, -0.1) is 10.2 Å². The molecule has 0 atom stereocenters. The molecular formula is C13H13N3O3S3. The summed E-state index contributed by atoms with van der Waals surface area (Å²) in [5.41, 5.74) is 0.852. The summed E-state index contributed by atoms with van der Waals surface area (Å²) in [5.74, 6) is 0.949. The Morgan fingerprint density at radius 3 is 2.64 bits per heavy atom.